The maximum Gasteiger partial charge on any atom is 0.162 e. The van der Waals surface area contributed by atoms with E-state index in [0.717, 1.165) is 74.1 Å². The van der Waals surface area contributed by atoms with Gasteiger partial charge in [-0.3, -0.25) is 0 Å². The molecule has 3 fully saturated rings. The minimum atomic E-state index is -0.101. The van der Waals surface area contributed by atoms with E-state index in [1.165, 1.54) is 19.3 Å². The molecule has 2 aliphatic carbocycles. The fraction of sp³-hybridized carbons (Fsp3) is 0.727. The van der Waals surface area contributed by atoms with Crippen LogP contribution in [0.5, 0.6) is 0 Å². The van der Waals surface area contributed by atoms with Crippen LogP contribution in [0.25, 0.3) is 0 Å². The van der Waals surface area contributed by atoms with E-state index in [2.05, 4.69) is 10.3 Å². The third kappa shape index (κ3) is 5.68. The monoisotopic (exact) mass is 402 g/mol. The minimum Gasteiger partial charge on any atom is -0.373 e. The lowest BCUT2D eigenvalue weighted by atomic mass is 10.2. The zero-order valence-electron chi connectivity index (χ0n) is 16.9. The Bertz CT molecular complexity index is 778. The van der Waals surface area contributed by atoms with Crippen LogP contribution in [0, 0.1) is 17.8 Å². The lowest BCUT2D eigenvalue weighted by Crippen LogP contribution is -2.21. The van der Waals surface area contributed by atoms with Gasteiger partial charge in [-0.25, -0.2) is 0 Å². The van der Waals surface area contributed by atoms with Gasteiger partial charge >= 0.3 is 0 Å². The summed E-state index contributed by atoms with van der Waals surface area (Å²) in [5, 5.41) is 8.33. The van der Waals surface area contributed by atoms with Crippen molar-refractivity contribution in [3.8, 4) is 0 Å². The van der Waals surface area contributed by atoms with E-state index >= 15 is 0 Å². The first-order valence-corrected chi connectivity index (χ1v) is 11.0. The molecular weight excluding hydrogens is 372 g/mol. The standard InChI is InChI=1S/C22H30N2O5/c1-2-6-26-22(3-1)27-14-21-11-19(24-29-21)9-16-8-17(16)12-25-13-20-10-18(23-28-20)7-15-4-5-15/h10-11,15-17,22H,1-9,12-14H2. The van der Waals surface area contributed by atoms with Crippen LogP contribution in [-0.4, -0.2) is 29.8 Å². The van der Waals surface area contributed by atoms with Gasteiger partial charge in [0.25, 0.3) is 0 Å². The van der Waals surface area contributed by atoms with Crippen molar-refractivity contribution in [1.82, 2.24) is 10.3 Å². The first-order chi connectivity index (χ1) is 14.3. The number of hydrogen-bond acceptors (Lipinski definition) is 7. The zero-order valence-corrected chi connectivity index (χ0v) is 16.9. The van der Waals surface area contributed by atoms with Crippen LogP contribution in [0.3, 0.4) is 0 Å². The molecule has 1 saturated heterocycles. The Morgan fingerprint density at radius 2 is 1.69 bits per heavy atom. The molecule has 29 heavy (non-hydrogen) atoms. The molecule has 3 heterocycles. The third-order valence-corrected chi connectivity index (χ3v) is 6.08. The SMILES string of the molecule is c1c(CC2CC2)noc1COCC1CC1Cc1cc(COC2CCCCO2)on1. The van der Waals surface area contributed by atoms with Gasteiger partial charge in [-0.15, -0.1) is 0 Å². The summed E-state index contributed by atoms with van der Waals surface area (Å²) >= 11 is 0. The van der Waals surface area contributed by atoms with E-state index in [-0.39, 0.29) is 6.29 Å². The minimum absolute atomic E-state index is 0.101. The van der Waals surface area contributed by atoms with Gasteiger partial charge in [0.15, 0.2) is 17.8 Å². The Morgan fingerprint density at radius 1 is 0.897 bits per heavy atom. The van der Waals surface area contributed by atoms with Gasteiger partial charge in [-0.2, -0.15) is 0 Å². The Hall–Kier alpha value is -1.70. The van der Waals surface area contributed by atoms with Crippen molar-refractivity contribution in [3.63, 3.8) is 0 Å². The normalized spacial score (nSPS) is 26.7. The highest BCUT2D eigenvalue weighted by Gasteiger charge is 2.37. The van der Waals surface area contributed by atoms with Gasteiger partial charge in [-0.1, -0.05) is 10.3 Å². The van der Waals surface area contributed by atoms with Gasteiger partial charge in [0.2, 0.25) is 0 Å². The summed E-state index contributed by atoms with van der Waals surface area (Å²) in [6.07, 6.45) is 8.97. The summed E-state index contributed by atoms with van der Waals surface area (Å²) < 4.78 is 28.0. The highest BCUT2D eigenvalue weighted by molar-refractivity contribution is 5.09. The van der Waals surface area contributed by atoms with Crippen molar-refractivity contribution in [1.29, 1.82) is 0 Å². The second-order valence-electron chi connectivity index (χ2n) is 8.80. The molecule has 158 valence electrons. The van der Waals surface area contributed by atoms with Crippen LogP contribution in [0.15, 0.2) is 21.2 Å². The van der Waals surface area contributed by atoms with Gasteiger partial charge < -0.3 is 23.3 Å². The van der Waals surface area contributed by atoms with Crippen molar-refractivity contribution in [2.24, 2.45) is 17.8 Å². The van der Waals surface area contributed by atoms with Crippen LogP contribution < -0.4 is 0 Å². The van der Waals surface area contributed by atoms with E-state index in [4.69, 9.17) is 23.3 Å². The van der Waals surface area contributed by atoms with Crippen molar-refractivity contribution >= 4 is 0 Å². The van der Waals surface area contributed by atoms with Gasteiger partial charge in [0.05, 0.1) is 18.0 Å². The maximum absolute atomic E-state index is 5.84. The first-order valence-electron chi connectivity index (χ1n) is 11.0. The fourth-order valence-electron chi connectivity index (χ4n) is 4.02. The van der Waals surface area contributed by atoms with Crippen molar-refractivity contribution in [2.45, 2.75) is 70.9 Å². The summed E-state index contributed by atoms with van der Waals surface area (Å²) in [7, 11) is 0. The van der Waals surface area contributed by atoms with E-state index in [0.29, 0.717) is 25.0 Å². The molecule has 0 spiro atoms. The molecule has 7 nitrogen and oxygen atoms in total. The zero-order chi connectivity index (χ0) is 19.5. The number of aromatic nitrogens is 2. The average Bonchev–Trinajstić information content (AvgIpc) is 3.59. The molecule has 0 amide bonds. The number of rotatable bonds is 11. The Labute approximate surface area is 171 Å². The van der Waals surface area contributed by atoms with Crippen LogP contribution >= 0.6 is 0 Å². The predicted octanol–water partition coefficient (Wildman–Crippen LogP) is 4.05. The second kappa shape index (κ2) is 8.98. The molecule has 3 unspecified atom stereocenters. The van der Waals surface area contributed by atoms with Crippen LogP contribution in [-0.2, 0) is 40.3 Å². The largest absolute Gasteiger partial charge is 0.373 e. The summed E-state index contributed by atoms with van der Waals surface area (Å²) in [6, 6.07) is 4.05. The molecule has 2 aromatic heterocycles. The van der Waals surface area contributed by atoms with Crippen LogP contribution in [0.1, 0.15) is 61.4 Å². The van der Waals surface area contributed by atoms with E-state index < -0.39 is 0 Å². The molecule has 0 N–H and O–H groups in total. The van der Waals surface area contributed by atoms with Crippen molar-refractivity contribution in [3.05, 3.63) is 35.0 Å². The van der Waals surface area contributed by atoms with E-state index in [9.17, 15) is 0 Å². The third-order valence-electron chi connectivity index (χ3n) is 6.08. The molecule has 0 aromatic carbocycles. The lowest BCUT2D eigenvalue weighted by Gasteiger charge is -2.21. The topological polar surface area (TPSA) is 79.8 Å². The molecule has 2 saturated carbocycles. The molecular formula is C22H30N2O5. The number of hydrogen-bond donors (Lipinski definition) is 0. The first kappa shape index (κ1) is 19.3. The average molecular weight is 402 g/mol. The Morgan fingerprint density at radius 3 is 2.45 bits per heavy atom. The Balaban J connectivity index is 0.978. The summed E-state index contributed by atoms with van der Waals surface area (Å²) in [5.74, 6) is 3.65. The number of nitrogens with zero attached hydrogens (tertiary/aromatic N) is 2. The molecule has 0 radical (unpaired) electrons. The number of ether oxygens (including phenoxy) is 3. The van der Waals surface area contributed by atoms with E-state index in [1.54, 1.807) is 0 Å². The van der Waals surface area contributed by atoms with Gasteiger partial charge in [0.1, 0.15) is 13.2 Å². The molecule has 3 aliphatic rings. The predicted molar refractivity (Wildman–Crippen MR) is 103 cm³/mol. The molecule has 5 rings (SSSR count). The summed E-state index contributed by atoms with van der Waals surface area (Å²) in [6.45, 7) is 2.48. The van der Waals surface area contributed by atoms with Gasteiger partial charge in [-0.05, 0) is 69.1 Å². The lowest BCUT2D eigenvalue weighted by molar-refractivity contribution is -0.171. The Kier molecular flexibility index (Phi) is 5.97. The van der Waals surface area contributed by atoms with Crippen LogP contribution in [0.4, 0.5) is 0 Å². The van der Waals surface area contributed by atoms with Crippen molar-refractivity contribution < 1.29 is 23.3 Å². The second-order valence-corrected chi connectivity index (χ2v) is 8.80. The molecule has 3 atom stereocenters. The molecule has 7 heteroatoms. The molecule has 1 aliphatic heterocycles. The highest BCUT2D eigenvalue weighted by Crippen LogP contribution is 2.41. The highest BCUT2D eigenvalue weighted by atomic mass is 16.7. The fourth-order valence-corrected chi connectivity index (χ4v) is 4.02. The van der Waals surface area contributed by atoms with Gasteiger partial charge in [0, 0.05) is 18.7 Å². The molecule has 0 bridgehead atoms. The maximum atomic E-state index is 5.84. The summed E-state index contributed by atoms with van der Waals surface area (Å²) in [4.78, 5) is 0. The van der Waals surface area contributed by atoms with Crippen LogP contribution in [0.2, 0.25) is 0 Å². The molecule has 2 aromatic rings. The quantitative estimate of drug-likeness (QED) is 0.561. The van der Waals surface area contributed by atoms with E-state index in [1.807, 2.05) is 12.1 Å². The summed E-state index contributed by atoms with van der Waals surface area (Å²) in [5.41, 5.74) is 2.07. The van der Waals surface area contributed by atoms with Crippen molar-refractivity contribution in [2.75, 3.05) is 13.2 Å². The smallest absolute Gasteiger partial charge is 0.162 e.